The minimum Gasteiger partial charge on any atom is -0.392 e. The van der Waals surface area contributed by atoms with Crippen LogP contribution in [0.2, 0.25) is 0 Å². The maximum absolute atomic E-state index is 9.05. The molecule has 1 saturated carbocycles. The first-order valence-electron chi connectivity index (χ1n) is 2.99. The van der Waals surface area contributed by atoms with E-state index in [1.54, 1.807) is 0 Å². The lowest BCUT2D eigenvalue weighted by atomic mass is 10.1. The minimum atomic E-state index is -0.208. The van der Waals surface area contributed by atoms with Crippen molar-refractivity contribution in [2.45, 2.75) is 25.4 Å². The van der Waals surface area contributed by atoms with E-state index < -0.39 is 0 Å². The number of hydrogen-bond donors (Lipinski definition) is 1. The lowest BCUT2D eigenvalue weighted by molar-refractivity contribution is 0.157. The Bertz CT molecular complexity index is 112. The second-order valence-corrected chi connectivity index (χ2v) is 2.27. The SMILES string of the molecule is C#CC1CCCC1O. The van der Waals surface area contributed by atoms with Crippen molar-refractivity contribution >= 4 is 0 Å². The normalized spacial score (nSPS) is 37.0. The van der Waals surface area contributed by atoms with Gasteiger partial charge in [0, 0.05) is 5.92 Å². The van der Waals surface area contributed by atoms with Gasteiger partial charge >= 0.3 is 0 Å². The van der Waals surface area contributed by atoms with E-state index in [2.05, 4.69) is 5.92 Å². The molecule has 8 heavy (non-hydrogen) atoms. The van der Waals surface area contributed by atoms with Crippen LogP contribution in [0.15, 0.2) is 0 Å². The number of aliphatic hydroxyl groups is 1. The molecule has 0 aromatic carbocycles. The molecular formula is C7H10O. The van der Waals surface area contributed by atoms with Gasteiger partial charge in [-0.15, -0.1) is 12.3 Å². The molecule has 1 aliphatic carbocycles. The highest BCUT2D eigenvalue weighted by Crippen LogP contribution is 2.23. The third-order valence-corrected chi connectivity index (χ3v) is 1.69. The average molecular weight is 110 g/mol. The van der Waals surface area contributed by atoms with Crippen molar-refractivity contribution in [1.29, 1.82) is 0 Å². The van der Waals surface area contributed by atoms with Crippen molar-refractivity contribution in [1.82, 2.24) is 0 Å². The molecule has 1 N–H and O–H groups in total. The lowest BCUT2D eigenvalue weighted by Crippen LogP contribution is -2.09. The highest BCUT2D eigenvalue weighted by molar-refractivity contribution is 4.99. The first-order valence-corrected chi connectivity index (χ1v) is 2.99. The molecule has 0 heterocycles. The fourth-order valence-electron chi connectivity index (χ4n) is 1.13. The smallest absolute Gasteiger partial charge is 0.0677 e. The number of terminal acetylenes is 1. The Hall–Kier alpha value is -0.480. The Morgan fingerprint density at radius 3 is 2.50 bits per heavy atom. The van der Waals surface area contributed by atoms with E-state index in [1.165, 1.54) is 0 Å². The van der Waals surface area contributed by atoms with Crippen LogP contribution in [-0.4, -0.2) is 11.2 Å². The average Bonchev–Trinajstić information content (AvgIpc) is 2.14. The van der Waals surface area contributed by atoms with Gasteiger partial charge in [0.05, 0.1) is 6.10 Å². The van der Waals surface area contributed by atoms with Crippen molar-refractivity contribution in [2.24, 2.45) is 5.92 Å². The van der Waals surface area contributed by atoms with Crippen LogP contribution in [0.25, 0.3) is 0 Å². The molecule has 0 bridgehead atoms. The summed E-state index contributed by atoms with van der Waals surface area (Å²) >= 11 is 0. The Morgan fingerprint density at radius 2 is 2.25 bits per heavy atom. The van der Waals surface area contributed by atoms with Gasteiger partial charge in [0.2, 0.25) is 0 Å². The quantitative estimate of drug-likeness (QED) is 0.457. The highest BCUT2D eigenvalue weighted by atomic mass is 16.3. The standard InChI is InChI=1S/C7H10O/c1-2-6-4-3-5-7(6)8/h1,6-8H,3-5H2. The first kappa shape index (κ1) is 5.65. The Labute approximate surface area is 49.7 Å². The largest absolute Gasteiger partial charge is 0.392 e. The van der Waals surface area contributed by atoms with Crippen LogP contribution in [0.5, 0.6) is 0 Å². The molecule has 0 radical (unpaired) electrons. The van der Waals surface area contributed by atoms with E-state index in [-0.39, 0.29) is 12.0 Å². The summed E-state index contributed by atoms with van der Waals surface area (Å²) in [5.41, 5.74) is 0. The predicted octanol–water partition coefficient (Wildman–Crippen LogP) is 0.781. The van der Waals surface area contributed by atoms with Crippen LogP contribution < -0.4 is 0 Å². The van der Waals surface area contributed by atoms with Gasteiger partial charge in [-0.3, -0.25) is 0 Å². The van der Waals surface area contributed by atoms with Crippen LogP contribution in [0.4, 0.5) is 0 Å². The topological polar surface area (TPSA) is 20.2 Å². The van der Waals surface area contributed by atoms with Gasteiger partial charge in [0.15, 0.2) is 0 Å². The third kappa shape index (κ3) is 0.850. The van der Waals surface area contributed by atoms with Gasteiger partial charge < -0.3 is 5.11 Å². The van der Waals surface area contributed by atoms with E-state index in [0.29, 0.717) is 0 Å². The van der Waals surface area contributed by atoms with Crippen molar-refractivity contribution in [2.75, 3.05) is 0 Å². The zero-order valence-corrected chi connectivity index (χ0v) is 4.80. The highest BCUT2D eigenvalue weighted by Gasteiger charge is 2.22. The number of aliphatic hydroxyl groups excluding tert-OH is 1. The van der Waals surface area contributed by atoms with E-state index >= 15 is 0 Å². The van der Waals surface area contributed by atoms with Gasteiger partial charge in [0.1, 0.15) is 0 Å². The summed E-state index contributed by atoms with van der Waals surface area (Å²) in [5.74, 6) is 2.71. The maximum Gasteiger partial charge on any atom is 0.0677 e. The summed E-state index contributed by atoms with van der Waals surface area (Å²) in [7, 11) is 0. The fraction of sp³-hybridized carbons (Fsp3) is 0.714. The summed E-state index contributed by atoms with van der Waals surface area (Å²) in [5, 5.41) is 9.05. The molecule has 1 aliphatic rings. The van der Waals surface area contributed by atoms with Crippen LogP contribution in [0, 0.1) is 18.3 Å². The van der Waals surface area contributed by atoms with Gasteiger partial charge in [-0.05, 0) is 19.3 Å². The summed E-state index contributed by atoms with van der Waals surface area (Å²) in [4.78, 5) is 0. The Balaban J connectivity index is 2.45. The van der Waals surface area contributed by atoms with Crippen molar-refractivity contribution in [3.8, 4) is 12.3 Å². The molecule has 0 saturated heterocycles. The second-order valence-electron chi connectivity index (χ2n) is 2.27. The lowest BCUT2D eigenvalue weighted by Gasteiger charge is -2.03. The molecule has 2 unspecified atom stereocenters. The van der Waals surface area contributed by atoms with Crippen LogP contribution in [0.1, 0.15) is 19.3 Å². The monoisotopic (exact) mass is 110 g/mol. The minimum absolute atomic E-state index is 0.148. The third-order valence-electron chi connectivity index (χ3n) is 1.69. The van der Waals surface area contributed by atoms with Crippen molar-refractivity contribution in [3.05, 3.63) is 0 Å². The van der Waals surface area contributed by atoms with Crippen LogP contribution in [-0.2, 0) is 0 Å². The Morgan fingerprint density at radius 1 is 1.50 bits per heavy atom. The summed E-state index contributed by atoms with van der Waals surface area (Å²) in [6.45, 7) is 0. The molecule has 0 spiro atoms. The molecule has 2 atom stereocenters. The van der Waals surface area contributed by atoms with Gasteiger partial charge in [-0.2, -0.15) is 0 Å². The maximum atomic E-state index is 9.05. The van der Waals surface area contributed by atoms with Gasteiger partial charge in [-0.25, -0.2) is 0 Å². The fourth-order valence-corrected chi connectivity index (χ4v) is 1.13. The van der Waals surface area contributed by atoms with Crippen molar-refractivity contribution in [3.63, 3.8) is 0 Å². The van der Waals surface area contributed by atoms with Gasteiger partial charge in [0.25, 0.3) is 0 Å². The molecule has 1 nitrogen and oxygen atoms in total. The first-order chi connectivity index (χ1) is 3.84. The number of hydrogen-bond acceptors (Lipinski definition) is 1. The summed E-state index contributed by atoms with van der Waals surface area (Å²) in [6, 6.07) is 0. The Kier molecular flexibility index (Phi) is 1.55. The van der Waals surface area contributed by atoms with E-state index in [1.807, 2.05) is 0 Å². The van der Waals surface area contributed by atoms with Crippen LogP contribution in [0.3, 0.4) is 0 Å². The molecule has 1 fully saturated rings. The zero-order chi connectivity index (χ0) is 5.98. The summed E-state index contributed by atoms with van der Waals surface area (Å²) in [6.07, 6.45) is 7.91. The summed E-state index contributed by atoms with van der Waals surface area (Å²) < 4.78 is 0. The van der Waals surface area contributed by atoms with E-state index in [4.69, 9.17) is 11.5 Å². The van der Waals surface area contributed by atoms with Crippen LogP contribution >= 0.6 is 0 Å². The molecule has 0 aliphatic heterocycles. The molecule has 0 aromatic heterocycles. The second kappa shape index (κ2) is 2.19. The van der Waals surface area contributed by atoms with Gasteiger partial charge in [-0.1, -0.05) is 0 Å². The molecule has 1 heteroatoms. The predicted molar refractivity (Wildman–Crippen MR) is 32.2 cm³/mol. The molecule has 0 aromatic rings. The van der Waals surface area contributed by atoms with Crippen molar-refractivity contribution < 1.29 is 5.11 Å². The molecular weight excluding hydrogens is 100 g/mol. The molecule has 44 valence electrons. The zero-order valence-electron chi connectivity index (χ0n) is 4.80. The molecule has 1 rings (SSSR count). The molecule has 0 amide bonds. The number of rotatable bonds is 0. The van der Waals surface area contributed by atoms with E-state index in [0.717, 1.165) is 19.3 Å². The van der Waals surface area contributed by atoms with E-state index in [9.17, 15) is 0 Å².